The molecule has 146 valence electrons. The van der Waals surface area contributed by atoms with Crippen molar-refractivity contribution in [3.63, 3.8) is 0 Å². The van der Waals surface area contributed by atoms with Crippen molar-refractivity contribution in [2.75, 3.05) is 18.2 Å². The number of thioether (sulfide) groups is 1. The number of amides is 1. The van der Waals surface area contributed by atoms with Crippen LogP contribution in [0.25, 0.3) is 0 Å². The molecule has 0 fully saturated rings. The minimum Gasteiger partial charge on any atom is -0.495 e. The summed E-state index contributed by atoms with van der Waals surface area (Å²) < 4.78 is 12.0. The summed E-state index contributed by atoms with van der Waals surface area (Å²) in [6, 6.07) is 8.36. The molecule has 10 nitrogen and oxygen atoms in total. The summed E-state index contributed by atoms with van der Waals surface area (Å²) in [5.41, 5.74) is -0.382. The predicted octanol–water partition coefficient (Wildman–Crippen LogP) is 0.902. The summed E-state index contributed by atoms with van der Waals surface area (Å²) in [5, 5.41) is 10.8. The zero-order valence-corrected chi connectivity index (χ0v) is 15.7. The molecule has 2 N–H and O–H groups in total. The second-order valence-electron chi connectivity index (χ2n) is 5.55. The number of ether oxygens (including phenoxy) is 1. The summed E-state index contributed by atoms with van der Waals surface area (Å²) in [7, 11) is 1.53. The summed E-state index contributed by atoms with van der Waals surface area (Å²) in [6.45, 7) is 0.274. The van der Waals surface area contributed by atoms with Gasteiger partial charge in [-0.3, -0.25) is 14.6 Å². The Morgan fingerprint density at radius 1 is 1.29 bits per heavy atom. The highest BCUT2D eigenvalue weighted by Crippen LogP contribution is 2.24. The monoisotopic (exact) mass is 403 g/mol. The number of para-hydroxylation sites is 2. The molecule has 0 spiro atoms. The van der Waals surface area contributed by atoms with E-state index in [0.717, 1.165) is 11.8 Å². The van der Waals surface area contributed by atoms with Gasteiger partial charge in [-0.1, -0.05) is 23.9 Å². The fourth-order valence-corrected chi connectivity index (χ4v) is 2.88. The van der Waals surface area contributed by atoms with Gasteiger partial charge in [-0.25, -0.2) is 4.79 Å². The van der Waals surface area contributed by atoms with Crippen LogP contribution in [0.5, 0.6) is 5.75 Å². The van der Waals surface area contributed by atoms with E-state index in [9.17, 15) is 14.4 Å². The fourth-order valence-electron chi connectivity index (χ4n) is 2.30. The summed E-state index contributed by atoms with van der Waals surface area (Å²) in [6.07, 6.45) is 1.71. The molecule has 3 rings (SSSR count). The number of hydrogen-bond donors (Lipinski definition) is 2. The molecule has 0 aliphatic carbocycles. The number of anilines is 1. The zero-order valence-electron chi connectivity index (χ0n) is 14.9. The first kappa shape index (κ1) is 19.4. The normalized spacial score (nSPS) is 10.6. The van der Waals surface area contributed by atoms with E-state index in [2.05, 4.69) is 20.5 Å². The van der Waals surface area contributed by atoms with E-state index in [1.807, 2.05) is 6.07 Å². The van der Waals surface area contributed by atoms with Gasteiger partial charge in [-0.05, 0) is 12.1 Å². The van der Waals surface area contributed by atoms with Crippen LogP contribution in [0.1, 0.15) is 5.89 Å². The average molecular weight is 403 g/mol. The van der Waals surface area contributed by atoms with Gasteiger partial charge in [0.05, 0.1) is 18.6 Å². The molecule has 2 heterocycles. The lowest BCUT2D eigenvalue weighted by Gasteiger charge is -2.08. The lowest BCUT2D eigenvalue weighted by Crippen LogP contribution is -2.29. The molecule has 0 aliphatic rings. The fraction of sp³-hybridized carbons (Fsp3) is 0.235. The van der Waals surface area contributed by atoms with Crippen LogP contribution in [0.2, 0.25) is 0 Å². The number of hydrogen-bond acceptors (Lipinski definition) is 8. The number of rotatable bonds is 8. The van der Waals surface area contributed by atoms with Gasteiger partial charge in [0.1, 0.15) is 5.75 Å². The first-order chi connectivity index (χ1) is 13.5. The SMILES string of the molecule is COc1ccccc1NC(=O)CSc1nnc(CCn2ccc(=O)[nH]c2=O)o1. The molecule has 0 unspecified atom stereocenters. The highest BCUT2D eigenvalue weighted by atomic mass is 32.2. The molecule has 0 saturated carbocycles. The lowest BCUT2D eigenvalue weighted by molar-refractivity contribution is -0.113. The van der Waals surface area contributed by atoms with Gasteiger partial charge in [0.15, 0.2) is 0 Å². The Bertz CT molecular complexity index is 1070. The van der Waals surface area contributed by atoms with Gasteiger partial charge >= 0.3 is 5.69 Å². The molecule has 3 aromatic rings. The van der Waals surface area contributed by atoms with Gasteiger partial charge < -0.3 is 19.0 Å². The maximum absolute atomic E-state index is 12.1. The highest BCUT2D eigenvalue weighted by Gasteiger charge is 2.12. The Balaban J connectivity index is 1.51. The number of aromatic nitrogens is 4. The van der Waals surface area contributed by atoms with E-state index >= 15 is 0 Å². The zero-order chi connectivity index (χ0) is 19.9. The van der Waals surface area contributed by atoms with Crippen molar-refractivity contribution < 1.29 is 13.9 Å². The molecule has 11 heteroatoms. The van der Waals surface area contributed by atoms with E-state index in [-0.39, 0.29) is 23.4 Å². The molecule has 1 amide bonds. The second kappa shape index (κ2) is 9.04. The van der Waals surface area contributed by atoms with E-state index in [1.54, 1.807) is 18.2 Å². The van der Waals surface area contributed by atoms with Crippen LogP contribution < -0.4 is 21.3 Å². The van der Waals surface area contributed by atoms with E-state index in [0.29, 0.717) is 23.7 Å². The topological polar surface area (TPSA) is 132 Å². The molecule has 1 aromatic carbocycles. The summed E-state index contributed by atoms with van der Waals surface area (Å²) >= 11 is 1.10. The molecule has 2 aromatic heterocycles. The third-order valence-corrected chi connectivity index (χ3v) is 4.44. The summed E-state index contributed by atoms with van der Waals surface area (Å²) in [4.78, 5) is 36.9. The smallest absolute Gasteiger partial charge is 0.328 e. The maximum Gasteiger partial charge on any atom is 0.328 e. The van der Waals surface area contributed by atoms with Crippen molar-refractivity contribution in [3.05, 3.63) is 63.3 Å². The van der Waals surface area contributed by atoms with Gasteiger partial charge in [0, 0.05) is 25.2 Å². The first-order valence-electron chi connectivity index (χ1n) is 8.23. The minimum atomic E-state index is -0.505. The Labute approximate surface area is 162 Å². The standard InChI is InChI=1S/C17H17N5O5S/c1-26-12-5-3-2-4-11(12)18-14(24)10-28-17-21-20-15(27-17)7-9-22-8-6-13(23)19-16(22)25/h2-6,8H,7,9-10H2,1H3,(H,18,24)(H,19,23,25). The number of nitrogens with one attached hydrogen (secondary N) is 2. The lowest BCUT2D eigenvalue weighted by atomic mass is 10.3. The number of carbonyl (C=O) groups is 1. The molecule has 0 atom stereocenters. The Kier molecular flexibility index (Phi) is 6.27. The molecule has 0 saturated heterocycles. The molecular weight excluding hydrogens is 386 g/mol. The molecular formula is C17H17N5O5S. The average Bonchev–Trinajstić information content (AvgIpc) is 3.14. The van der Waals surface area contributed by atoms with Crippen molar-refractivity contribution in [2.24, 2.45) is 0 Å². The third-order valence-electron chi connectivity index (χ3n) is 3.62. The Morgan fingerprint density at radius 2 is 2.11 bits per heavy atom. The number of aryl methyl sites for hydroxylation is 2. The van der Waals surface area contributed by atoms with Gasteiger partial charge in [0.2, 0.25) is 11.8 Å². The van der Waals surface area contributed by atoms with Gasteiger partial charge in [-0.2, -0.15) is 0 Å². The van der Waals surface area contributed by atoms with Crippen molar-refractivity contribution in [2.45, 2.75) is 18.2 Å². The van der Waals surface area contributed by atoms with Gasteiger partial charge in [-0.15, -0.1) is 10.2 Å². The van der Waals surface area contributed by atoms with Crippen molar-refractivity contribution in [1.29, 1.82) is 0 Å². The van der Waals surface area contributed by atoms with Crippen molar-refractivity contribution in [1.82, 2.24) is 19.7 Å². The Hall–Kier alpha value is -3.34. The van der Waals surface area contributed by atoms with Crippen molar-refractivity contribution >= 4 is 23.4 Å². The molecule has 28 heavy (non-hydrogen) atoms. The van der Waals surface area contributed by atoms with E-state index < -0.39 is 11.2 Å². The summed E-state index contributed by atoms with van der Waals surface area (Å²) in [5.74, 6) is 0.734. The quantitative estimate of drug-likeness (QED) is 0.530. The number of carbonyl (C=O) groups excluding carboxylic acids is 1. The van der Waals surface area contributed by atoms with Crippen LogP contribution in [0.15, 0.2) is 55.8 Å². The third kappa shape index (κ3) is 5.10. The van der Waals surface area contributed by atoms with Gasteiger partial charge in [0.25, 0.3) is 10.8 Å². The van der Waals surface area contributed by atoms with Crippen LogP contribution in [0.3, 0.4) is 0 Å². The number of H-pyrrole nitrogens is 1. The second-order valence-corrected chi connectivity index (χ2v) is 6.48. The maximum atomic E-state index is 12.1. The number of aromatic amines is 1. The van der Waals surface area contributed by atoms with Crippen molar-refractivity contribution in [3.8, 4) is 5.75 Å². The predicted molar refractivity (Wildman–Crippen MR) is 102 cm³/mol. The van der Waals surface area contributed by atoms with Crippen LogP contribution in [-0.2, 0) is 17.8 Å². The molecule has 0 bridgehead atoms. The number of benzene rings is 1. The minimum absolute atomic E-state index is 0.0824. The molecule has 0 radical (unpaired) electrons. The number of methoxy groups -OCH3 is 1. The van der Waals surface area contributed by atoms with E-state index in [1.165, 1.54) is 23.9 Å². The largest absolute Gasteiger partial charge is 0.495 e. The van der Waals surface area contributed by atoms with E-state index in [4.69, 9.17) is 9.15 Å². The van der Waals surface area contributed by atoms with Crippen LogP contribution >= 0.6 is 11.8 Å². The molecule has 0 aliphatic heterocycles. The number of nitrogens with zero attached hydrogens (tertiary/aromatic N) is 3. The highest BCUT2D eigenvalue weighted by molar-refractivity contribution is 7.99. The van der Waals surface area contributed by atoms with Crippen LogP contribution in [0, 0.1) is 0 Å². The Morgan fingerprint density at radius 3 is 2.89 bits per heavy atom. The van der Waals surface area contributed by atoms with Crippen LogP contribution in [0.4, 0.5) is 5.69 Å². The first-order valence-corrected chi connectivity index (χ1v) is 9.21. The van der Waals surface area contributed by atoms with Crippen LogP contribution in [-0.4, -0.2) is 38.5 Å².